The first kappa shape index (κ1) is 20.7. The fourth-order valence-electron chi connectivity index (χ4n) is 6.54. The minimum absolute atomic E-state index is 0.159. The number of rotatable bonds is 2. The number of anilines is 2. The van der Waals surface area contributed by atoms with Crippen molar-refractivity contribution < 1.29 is 19.1 Å². The molecule has 8 heteroatoms. The van der Waals surface area contributed by atoms with Gasteiger partial charge < -0.3 is 10.1 Å². The number of fused-ring (bicyclic) bond motifs is 7. The van der Waals surface area contributed by atoms with E-state index in [-0.39, 0.29) is 23.8 Å². The molecular weight excluding hydrogens is 442 g/mol. The van der Waals surface area contributed by atoms with Gasteiger partial charge in [-0.15, -0.1) is 0 Å². The van der Waals surface area contributed by atoms with E-state index < -0.39 is 17.4 Å². The summed E-state index contributed by atoms with van der Waals surface area (Å²) in [6.07, 6.45) is 1.66. The topological polar surface area (TPSA) is 79.0 Å². The number of hydrogen-bond acceptors (Lipinski definition) is 5. The van der Waals surface area contributed by atoms with Crippen molar-refractivity contribution in [3.8, 4) is 5.75 Å². The van der Waals surface area contributed by atoms with Gasteiger partial charge in [-0.1, -0.05) is 29.3 Å². The summed E-state index contributed by atoms with van der Waals surface area (Å²) in [5, 5.41) is 3.50. The van der Waals surface area contributed by atoms with Crippen LogP contribution in [0.5, 0.6) is 5.75 Å². The van der Waals surface area contributed by atoms with E-state index in [2.05, 4.69) is 10.2 Å². The second-order valence-corrected chi connectivity index (χ2v) is 9.87. The number of benzene rings is 2. The maximum Gasteiger partial charge on any atom is 0.250 e. The van der Waals surface area contributed by atoms with Crippen LogP contribution in [0.2, 0.25) is 5.02 Å². The second-order valence-electron chi connectivity index (χ2n) is 9.46. The lowest BCUT2D eigenvalue weighted by Crippen LogP contribution is -2.54. The predicted octanol–water partition coefficient (Wildman–Crippen LogP) is 3.40. The second kappa shape index (κ2) is 6.81. The molecule has 4 atom stereocenters. The van der Waals surface area contributed by atoms with Crippen LogP contribution in [0.1, 0.15) is 29.5 Å². The van der Waals surface area contributed by atoms with Crippen LogP contribution in [-0.2, 0) is 19.9 Å². The van der Waals surface area contributed by atoms with E-state index in [0.717, 1.165) is 35.2 Å². The molecule has 0 aromatic heterocycles. The minimum atomic E-state index is -1.18. The molecule has 33 heavy (non-hydrogen) atoms. The van der Waals surface area contributed by atoms with Crippen molar-refractivity contribution in [2.24, 2.45) is 11.8 Å². The summed E-state index contributed by atoms with van der Waals surface area (Å²) in [5.74, 6) is -1.87. The van der Waals surface area contributed by atoms with Crippen LogP contribution in [0, 0.1) is 25.7 Å². The molecule has 0 unspecified atom stereocenters. The highest BCUT2D eigenvalue weighted by atomic mass is 35.5. The fourth-order valence-corrected chi connectivity index (χ4v) is 6.69. The summed E-state index contributed by atoms with van der Waals surface area (Å²) >= 11 is 6.27. The number of imide groups is 1. The lowest BCUT2D eigenvalue weighted by atomic mass is 9.75. The normalized spacial score (nSPS) is 30.1. The maximum absolute atomic E-state index is 14.1. The first-order chi connectivity index (χ1) is 15.8. The van der Waals surface area contributed by atoms with Gasteiger partial charge in [-0.3, -0.25) is 19.3 Å². The summed E-state index contributed by atoms with van der Waals surface area (Å²) in [7, 11) is 1.49. The summed E-state index contributed by atoms with van der Waals surface area (Å²) in [5.41, 5.74) is 2.47. The van der Waals surface area contributed by atoms with Crippen LogP contribution < -0.4 is 15.0 Å². The van der Waals surface area contributed by atoms with Crippen LogP contribution in [-0.4, -0.2) is 42.3 Å². The Bertz CT molecular complexity index is 1260. The Kier molecular flexibility index (Phi) is 4.27. The third-order valence-corrected chi connectivity index (χ3v) is 8.26. The highest BCUT2D eigenvalue weighted by Gasteiger charge is 2.74. The summed E-state index contributed by atoms with van der Waals surface area (Å²) in [6.45, 7) is 4.48. The zero-order chi connectivity index (χ0) is 23.2. The van der Waals surface area contributed by atoms with Crippen molar-refractivity contribution in [1.29, 1.82) is 0 Å². The molecule has 4 aliphatic rings. The lowest BCUT2D eigenvalue weighted by molar-refractivity contribution is -0.135. The predicted molar refractivity (Wildman–Crippen MR) is 123 cm³/mol. The van der Waals surface area contributed by atoms with Gasteiger partial charge in [-0.05, 0) is 50.9 Å². The van der Waals surface area contributed by atoms with Crippen LogP contribution in [0.3, 0.4) is 0 Å². The van der Waals surface area contributed by atoms with E-state index in [1.54, 1.807) is 12.1 Å². The van der Waals surface area contributed by atoms with E-state index in [0.29, 0.717) is 23.0 Å². The fraction of sp³-hybridized carbons (Fsp3) is 0.400. The number of hydrogen-bond donors (Lipinski definition) is 1. The standard InChI is InChI=1S/C25H24ClN3O4/c1-12-6-7-16-14(9-12)25(24(32)27-16)21-20(17-5-4-8-28(17)25)22(30)29(23(21)31)18-10-13(2)15(26)11-19(18)33-3/h6-7,9-11,17,20-21H,4-5,8H2,1-3H3,(H,27,32)/t17-,20-,21-,25+/m1/s1. The van der Waals surface area contributed by atoms with E-state index >= 15 is 0 Å². The zero-order valence-electron chi connectivity index (χ0n) is 18.6. The van der Waals surface area contributed by atoms with Crippen molar-refractivity contribution in [2.75, 3.05) is 23.9 Å². The number of halogens is 1. The third kappa shape index (κ3) is 2.41. The van der Waals surface area contributed by atoms with Crippen LogP contribution in [0.4, 0.5) is 11.4 Å². The van der Waals surface area contributed by atoms with Gasteiger partial charge in [0, 0.05) is 28.4 Å². The third-order valence-electron chi connectivity index (χ3n) is 7.85. The van der Waals surface area contributed by atoms with E-state index in [1.165, 1.54) is 12.0 Å². The number of amides is 3. The van der Waals surface area contributed by atoms with Gasteiger partial charge in [0.25, 0.3) is 0 Å². The number of carbonyl (C=O) groups excluding carboxylic acids is 3. The first-order valence-electron chi connectivity index (χ1n) is 11.2. The SMILES string of the molecule is COc1cc(Cl)c(C)cc1N1C(=O)[C@@H]2[C@H]3CCCN3[C@]3(C(=O)Nc4ccc(C)cc43)[C@H]2C1=O. The van der Waals surface area contributed by atoms with Crippen molar-refractivity contribution in [3.63, 3.8) is 0 Å². The molecule has 6 rings (SSSR count). The Labute approximate surface area is 196 Å². The van der Waals surface area contributed by atoms with Gasteiger partial charge >= 0.3 is 0 Å². The Morgan fingerprint density at radius 2 is 1.91 bits per heavy atom. The largest absolute Gasteiger partial charge is 0.495 e. The Balaban J connectivity index is 1.56. The lowest BCUT2D eigenvalue weighted by Gasteiger charge is -2.36. The summed E-state index contributed by atoms with van der Waals surface area (Å²) in [6, 6.07) is 9.00. The molecule has 170 valence electrons. The Hall–Kier alpha value is -2.90. The molecule has 2 aromatic rings. The molecule has 2 aromatic carbocycles. The number of methoxy groups -OCH3 is 1. The molecule has 0 aliphatic carbocycles. The molecule has 0 radical (unpaired) electrons. The molecule has 0 bridgehead atoms. The average molecular weight is 466 g/mol. The van der Waals surface area contributed by atoms with Gasteiger partial charge in [0.15, 0.2) is 0 Å². The van der Waals surface area contributed by atoms with Crippen molar-refractivity contribution in [3.05, 3.63) is 52.0 Å². The zero-order valence-corrected chi connectivity index (χ0v) is 19.4. The molecule has 7 nitrogen and oxygen atoms in total. The number of nitrogens with zero attached hydrogens (tertiary/aromatic N) is 2. The number of aryl methyl sites for hydroxylation is 2. The molecule has 1 N–H and O–H groups in total. The van der Waals surface area contributed by atoms with E-state index in [4.69, 9.17) is 16.3 Å². The van der Waals surface area contributed by atoms with Crippen molar-refractivity contribution in [2.45, 2.75) is 38.3 Å². The molecule has 0 saturated carbocycles. The quantitative estimate of drug-likeness (QED) is 0.688. The summed E-state index contributed by atoms with van der Waals surface area (Å²) in [4.78, 5) is 45.0. The van der Waals surface area contributed by atoms with Crippen LogP contribution >= 0.6 is 11.6 Å². The van der Waals surface area contributed by atoms with Crippen molar-refractivity contribution in [1.82, 2.24) is 4.90 Å². The van der Waals surface area contributed by atoms with Crippen LogP contribution in [0.15, 0.2) is 30.3 Å². The monoisotopic (exact) mass is 465 g/mol. The molecular formula is C25H24ClN3O4. The molecule has 4 aliphatic heterocycles. The van der Waals surface area contributed by atoms with Crippen molar-refractivity contribution >= 4 is 40.7 Å². The van der Waals surface area contributed by atoms with Gasteiger partial charge in [0.2, 0.25) is 17.7 Å². The smallest absolute Gasteiger partial charge is 0.250 e. The number of nitrogens with one attached hydrogen (secondary N) is 1. The van der Waals surface area contributed by atoms with E-state index in [1.807, 2.05) is 32.0 Å². The molecule has 1 spiro atoms. The van der Waals surface area contributed by atoms with Gasteiger partial charge in [0.05, 0.1) is 24.6 Å². The molecule has 4 heterocycles. The number of ether oxygens (including phenoxy) is 1. The Morgan fingerprint density at radius 3 is 2.67 bits per heavy atom. The van der Waals surface area contributed by atoms with Gasteiger partial charge in [-0.2, -0.15) is 0 Å². The minimum Gasteiger partial charge on any atom is -0.495 e. The van der Waals surface area contributed by atoms with Gasteiger partial charge in [0.1, 0.15) is 11.3 Å². The van der Waals surface area contributed by atoms with E-state index in [9.17, 15) is 14.4 Å². The summed E-state index contributed by atoms with van der Waals surface area (Å²) < 4.78 is 5.49. The number of carbonyl (C=O) groups is 3. The molecule has 3 fully saturated rings. The maximum atomic E-state index is 14.1. The van der Waals surface area contributed by atoms with Gasteiger partial charge in [-0.25, -0.2) is 4.90 Å². The highest BCUT2D eigenvalue weighted by Crippen LogP contribution is 2.61. The molecule has 3 saturated heterocycles. The highest BCUT2D eigenvalue weighted by molar-refractivity contribution is 6.32. The average Bonchev–Trinajstić information content (AvgIpc) is 3.48. The van der Waals surface area contributed by atoms with Crippen LogP contribution in [0.25, 0.3) is 0 Å². The first-order valence-corrected chi connectivity index (χ1v) is 11.6. The Morgan fingerprint density at radius 1 is 1.12 bits per heavy atom. The molecule has 3 amide bonds.